The minimum Gasteiger partial charge on any atom is -0.460 e. The van der Waals surface area contributed by atoms with Crippen LogP contribution in [0, 0.1) is 35.5 Å². The van der Waals surface area contributed by atoms with Crippen LogP contribution in [0.5, 0.6) is 0 Å². The standard InChI is InChI=1S/C57H90NO16P/c1-35-17-13-12-14-18-36(2)48(71-26-25-70-44-33-69-34-44)31-43-22-20-41(7)57(65,73-43)54(62)55(63)58-24-16-15-19-45(58)56(64)72-49(38(4)29-42-21-23-47(50(30-42)67-8)74-75(10,11)66)32-46(59)37(3)28-40(6)52(61)53(68-9)51(60)39(5)27-35/h12-14,17-18,28,35,37-39,41-45,47-50,52-53,61,65H,15-16,19-27,29-34H2,1-11H3/b14-12+,17-13+,36-18+,40-28+/t35-,37-,38-,39-,41-,42+,43+,45+,47-,48+,49+,50-,52-,53+,57-/m1/s1. The lowest BCUT2D eigenvalue weighted by molar-refractivity contribution is -0.266. The van der Waals surface area contributed by atoms with Gasteiger partial charge in [-0.3, -0.25) is 23.7 Å². The molecule has 4 heterocycles. The first kappa shape index (κ1) is 62.6. The molecule has 15 atom stereocenters. The highest BCUT2D eigenvalue weighted by Crippen LogP contribution is 2.45. The normalized spacial score (nSPS) is 38.0. The smallest absolute Gasteiger partial charge is 0.329 e. The van der Waals surface area contributed by atoms with E-state index in [9.17, 15) is 38.8 Å². The zero-order valence-electron chi connectivity index (χ0n) is 46.6. The summed E-state index contributed by atoms with van der Waals surface area (Å²) in [5.41, 5.74) is 1.23. The highest BCUT2D eigenvalue weighted by Gasteiger charge is 2.53. The van der Waals surface area contributed by atoms with Crippen LogP contribution in [-0.4, -0.2) is 166 Å². The van der Waals surface area contributed by atoms with Crippen molar-refractivity contribution in [2.45, 2.75) is 186 Å². The molecule has 0 radical (unpaired) electrons. The molecule has 424 valence electrons. The van der Waals surface area contributed by atoms with Crippen molar-refractivity contribution in [3.8, 4) is 0 Å². The van der Waals surface area contributed by atoms with Gasteiger partial charge in [0.05, 0.1) is 50.8 Å². The Balaban J connectivity index is 1.46. The van der Waals surface area contributed by atoms with E-state index >= 15 is 0 Å². The summed E-state index contributed by atoms with van der Waals surface area (Å²) in [4.78, 5) is 72.9. The second-order valence-electron chi connectivity index (χ2n) is 22.6. The van der Waals surface area contributed by atoms with Gasteiger partial charge in [-0.1, -0.05) is 71.1 Å². The SMILES string of the molecule is CO[C@@H]1C[C@H](C[C@@H](C)[C@@H]2CC(=O)[C@H](C)/C=C(\C)[C@@H](O)[C@@H](OC)C(=O)[C@H](C)C[C@H](C)/C=C/C=C/C=C(\C)[C@@H](OCCOC3COC3)C[C@@H]3CC[C@@H](C)[C@@](O)(O3)C(=O)C(=O)N3CCCC[C@H]3C(=O)O2)CC[C@H]1OP(C)(C)=O. The largest absolute Gasteiger partial charge is 0.460 e. The van der Waals surface area contributed by atoms with Gasteiger partial charge in [0.2, 0.25) is 5.79 Å². The maximum Gasteiger partial charge on any atom is 0.329 e. The van der Waals surface area contributed by atoms with Crippen molar-refractivity contribution in [1.29, 1.82) is 0 Å². The van der Waals surface area contributed by atoms with Gasteiger partial charge in [0.15, 0.2) is 13.2 Å². The van der Waals surface area contributed by atoms with Gasteiger partial charge in [0.1, 0.15) is 36.2 Å². The molecule has 4 aliphatic heterocycles. The number of methoxy groups -OCH3 is 2. The Bertz CT molecular complexity index is 2100. The highest BCUT2D eigenvalue weighted by molar-refractivity contribution is 7.57. The minimum absolute atomic E-state index is 0.0111. The van der Waals surface area contributed by atoms with Gasteiger partial charge < -0.3 is 52.8 Å². The number of hydrogen-bond donors (Lipinski definition) is 2. The molecule has 0 aromatic heterocycles. The summed E-state index contributed by atoms with van der Waals surface area (Å²) < 4.78 is 60.1. The zero-order valence-corrected chi connectivity index (χ0v) is 47.5. The van der Waals surface area contributed by atoms with Crippen molar-refractivity contribution in [3.05, 3.63) is 47.6 Å². The minimum atomic E-state index is -2.80. The monoisotopic (exact) mass is 1080 g/mol. The van der Waals surface area contributed by atoms with Crippen LogP contribution >= 0.6 is 7.37 Å². The lowest BCUT2D eigenvalue weighted by Gasteiger charge is -2.43. The number of carbonyl (C=O) groups is 5. The molecule has 75 heavy (non-hydrogen) atoms. The van der Waals surface area contributed by atoms with Crippen LogP contribution in [0.2, 0.25) is 0 Å². The van der Waals surface area contributed by atoms with Crippen LogP contribution in [0.15, 0.2) is 47.6 Å². The van der Waals surface area contributed by atoms with Crippen LogP contribution < -0.4 is 0 Å². The van der Waals surface area contributed by atoms with E-state index in [0.717, 1.165) is 12.0 Å². The van der Waals surface area contributed by atoms with E-state index in [1.807, 2.05) is 58.1 Å². The lowest BCUT2D eigenvalue weighted by Crippen LogP contribution is -2.61. The van der Waals surface area contributed by atoms with E-state index in [-0.39, 0.29) is 80.0 Å². The molecular weight excluding hydrogens is 986 g/mol. The van der Waals surface area contributed by atoms with Gasteiger partial charge in [-0.2, -0.15) is 0 Å². The fraction of sp³-hybridized carbons (Fsp3) is 0.772. The predicted molar refractivity (Wildman–Crippen MR) is 283 cm³/mol. The van der Waals surface area contributed by atoms with E-state index in [0.29, 0.717) is 76.8 Å². The van der Waals surface area contributed by atoms with E-state index in [1.54, 1.807) is 47.3 Å². The first-order valence-corrected chi connectivity index (χ1v) is 30.0. The summed E-state index contributed by atoms with van der Waals surface area (Å²) in [5.74, 6) is -8.30. The molecule has 2 bridgehead atoms. The summed E-state index contributed by atoms with van der Waals surface area (Å²) >= 11 is 0. The number of nitrogens with zero attached hydrogens (tertiary/aromatic N) is 1. The number of aliphatic hydroxyl groups is 2. The number of Topliss-reactive ketones (excluding diaryl/α,β-unsaturated/α-hetero) is 3. The molecule has 0 unspecified atom stereocenters. The van der Waals surface area contributed by atoms with Gasteiger partial charge in [-0.25, -0.2) is 4.79 Å². The zero-order chi connectivity index (χ0) is 55.2. The molecule has 5 rings (SSSR count). The summed E-state index contributed by atoms with van der Waals surface area (Å²) in [6.07, 6.45) is 11.0. The van der Waals surface area contributed by atoms with Crippen molar-refractivity contribution < 1.29 is 76.4 Å². The van der Waals surface area contributed by atoms with Gasteiger partial charge in [0.25, 0.3) is 11.7 Å². The number of ether oxygens (including phenoxy) is 7. The summed E-state index contributed by atoms with van der Waals surface area (Å²) in [5, 5.41) is 23.7. The quantitative estimate of drug-likeness (QED) is 0.0634. The van der Waals surface area contributed by atoms with Crippen LogP contribution in [0.25, 0.3) is 0 Å². The van der Waals surface area contributed by atoms with E-state index in [1.165, 1.54) is 12.0 Å². The highest BCUT2D eigenvalue weighted by atomic mass is 31.2. The molecular formula is C57H90NO16P. The van der Waals surface area contributed by atoms with Gasteiger partial charge in [-0.05, 0) is 107 Å². The fourth-order valence-electron chi connectivity index (χ4n) is 11.2. The number of fused-ring (bicyclic) bond motifs is 3. The molecule has 2 N–H and O–H groups in total. The molecule has 5 aliphatic rings. The lowest BCUT2D eigenvalue weighted by atomic mass is 9.78. The Morgan fingerprint density at radius 3 is 2.24 bits per heavy atom. The maximum absolute atomic E-state index is 14.6. The number of cyclic esters (lactones) is 1. The van der Waals surface area contributed by atoms with Crippen molar-refractivity contribution in [2.75, 3.05) is 60.5 Å². The van der Waals surface area contributed by atoms with Crippen molar-refractivity contribution in [1.82, 2.24) is 4.90 Å². The third kappa shape index (κ3) is 17.9. The van der Waals surface area contributed by atoms with Crippen molar-refractivity contribution >= 4 is 36.6 Å². The summed E-state index contributed by atoms with van der Waals surface area (Å²) in [6, 6.07) is -1.18. The molecule has 1 amide bonds. The van der Waals surface area contributed by atoms with Crippen molar-refractivity contribution in [2.24, 2.45) is 35.5 Å². The Labute approximate surface area is 446 Å². The third-order valence-electron chi connectivity index (χ3n) is 15.9. The van der Waals surface area contributed by atoms with E-state index in [4.69, 9.17) is 37.7 Å². The molecule has 1 aliphatic carbocycles. The average Bonchev–Trinajstić information content (AvgIpc) is 3.35. The number of allylic oxidation sites excluding steroid dienone is 6. The van der Waals surface area contributed by atoms with Crippen molar-refractivity contribution in [3.63, 3.8) is 0 Å². The first-order valence-electron chi connectivity index (χ1n) is 27.5. The van der Waals surface area contributed by atoms with Crippen LogP contribution in [0.3, 0.4) is 0 Å². The number of carbonyl (C=O) groups excluding carboxylic acids is 5. The molecule has 17 nitrogen and oxygen atoms in total. The second-order valence-corrected chi connectivity index (χ2v) is 25.3. The third-order valence-corrected chi connectivity index (χ3v) is 16.7. The van der Waals surface area contributed by atoms with Crippen LogP contribution in [0.4, 0.5) is 0 Å². The number of hydrogen-bond acceptors (Lipinski definition) is 16. The maximum atomic E-state index is 14.6. The van der Waals surface area contributed by atoms with E-state index in [2.05, 4.69) is 0 Å². The van der Waals surface area contributed by atoms with E-state index < -0.39 is 85.1 Å². The molecule has 0 aromatic carbocycles. The Kier molecular flexibility index (Phi) is 24.3. The Hall–Kier alpha value is -3.22. The number of piperidine rings is 1. The summed E-state index contributed by atoms with van der Waals surface area (Å²) in [7, 11) is 0.172. The van der Waals surface area contributed by atoms with Crippen LogP contribution in [-0.2, 0) is 66.2 Å². The molecule has 4 fully saturated rings. The van der Waals surface area contributed by atoms with Gasteiger partial charge >= 0.3 is 5.97 Å². The molecule has 1 saturated carbocycles. The predicted octanol–water partition coefficient (Wildman–Crippen LogP) is 7.53. The van der Waals surface area contributed by atoms with Crippen LogP contribution in [0.1, 0.15) is 126 Å². The summed E-state index contributed by atoms with van der Waals surface area (Å²) in [6.45, 7) is 17.5. The molecule has 3 saturated heterocycles. The number of ketones is 3. The number of amides is 1. The second kappa shape index (κ2) is 29.1. The topological polar surface area (TPSA) is 220 Å². The van der Waals surface area contributed by atoms with Gasteiger partial charge in [0, 0.05) is 64.7 Å². The number of rotatable bonds is 12. The average molecular weight is 1080 g/mol. The molecule has 0 spiro atoms. The Morgan fingerprint density at radius 2 is 1.57 bits per heavy atom. The molecule has 0 aromatic rings. The fourth-order valence-corrected chi connectivity index (χ4v) is 12.1. The number of aliphatic hydroxyl groups excluding tert-OH is 1. The first-order chi connectivity index (χ1) is 35.5. The Morgan fingerprint density at radius 1 is 0.853 bits per heavy atom. The molecule has 18 heteroatoms. The number of esters is 1. The van der Waals surface area contributed by atoms with Gasteiger partial charge in [-0.15, -0.1) is 0 Å².